The first-order chi connectivity index (χ1) is 7.65. The summed E-state index contributed by atoms with van der Waals surface area (Å²) in [5.41, 5.74) is 0.749. The van der Waals surface area contributed by atoms with Crippen LogP contribution in [0.2, 0.25) is 0 Å². The van der Waals surface area contributed by atoms with Gasteiger partial charge in [0.1, 0.15) is 5.82 Å². The van der Waals surface area contributed by atoms with Crippen molar-refractivity contribution in [2.24, 2.45) is 5.92 Å². The summed E-state index contributed by atoms with van der Waals surface area (Å²) in [6.45, 7) is 5.14. The number of hydrogen-bond donors (Lipinski definition) is 1. The molecule has 1 rings (SSSR count). The second kappa shape index (κ2) is 6.92. The molecule has 16 heavy (non-hydrogen) atoms. The molecule has 0 aliphatic heterocycles. The minimum atomic E-state index is -0.125. The van der Waals surface area contributed by atoms with Crippen molar-refractivity contribution in [3.8, 4) is 0 Å². The highest BCUT2D eigenvalue weighted by molar-refractivity contribution is 7.98. The lowest BCUT2D eigenvalue weighted by molar-refractivity contribution is 0.482. The maximum atomic E-state index is 13.5. The summed E-state index contributed by atoms with van der Waals surface area (Å²) in [6.07, 6.45) is 2.11. The molecule has 2 atom stereocenters. The Kier molecular flexibility index (Phi) is 5.85. The molecule has 0 saturated heterocycles. The summed E-state index contributed by atoms with van der Waals surface area (Å²) < 4.78 is 13.5. The van der Waals surface area contributed by atoms with Crippen LogP contribution in [-0.4, -0.2) is 18.6 Å². The molecule has 1 aromatic rings. The molecule has 1 N–H and O–H groups in total. The van der Waals surface area contributed by atoms with Crippen molar-refractivity contribution < 1.29 is 4.39 Å². The molecule has 1 nitrogen and oxygen atoms in total. The van der Waals surface area contributed by atoms with Gasteiger partial charge in [-0.25, -0.2) is 4.39 Å². The van der Waals surface area contributed by atoms with Crippen molar-refractivity contribution in [3.05, 3.63) is 35.6 Å². The fraction of sp³-hybridized carbons (Fsp3) is 0.538. The normalized spacial score (nSPS) is 14.8. The SMILES string of the molecule is CSCC(C)CNC(C)c1ccccc1F. The summed E-state index contributed by atoms with van der Waals surface area (Å²) in [5.74, 6) is 1.63. The quantitative estimate of drug-likeness (QED) is 0.818. The molecule has 0 amide bonds. The van der Waals surface area contributed by atoms with Gasteiger partial charge in [0.05, 0.1) is 0 Å². The van der Waals surface area contributed by atoms with Crippen LogP contribution in [0.1, 0.15) is 25.5 Å². The molecular weight excluding hydrogens is 221 g/mol. The third kappa shape index (κ3) is 4.14. The van der Waals surface area contributed by atoms with E-state index in [0.29, 0.717) is 5.92 Å². The first kappa shape index (κ1) is 13.5. The fourth-order valence-electron chi connectivity index (χ4n) is 1.66. The van der Waals surface area contributed by atoms with Crippen molar-refractivity contribution in [1.29, 1.82) is 0 Å². The van der Waals surface area contributed by atoms with Crippen LogP contribution in [0.4, 0.5) is 4.39 Å². The van der Waals surface area contributed by atoms with E-state index in [1.807, 2.05) is 30.8 Å². The van der Waals surface area contributed by atoms with Crippen molar-refractivity contribution in [3.63, 3.8) is 0 Å². The van der Waals surface area contributed by atoms with Crippen LogP contribution < -0.4 is 5.32 Å². The topological polar surface area (TPSA) is 12.0 Å². The van der Waals surface area contributed by atoms with Gasteiger partial charge in [0, 0.05) is 11.6 Å². The third-order valence-corrected chi connectivity index (χ3v) is 3.50. The van der Waals surface area contributed by atoms with Crippen LogP contribution in [0, 0.1) is 11.7 Å². The average Bonchev–Trinajstić information content (AvgIpc) is 2.27. The van der Waals surface area contributed by atoms with Crippen molar-refractivity contribution in [2.75, 3.05) is 18.6 Å². The maximum Gasteiger partial charge on any atom is 0.127 e. The highest BCUT2D eigenvalue weighted by Gasteiger charge is 2.10. The second-order valence-electron chi connectivity index (χ2n) is 4.21. The number of thioether (sulfide) groups is 1. The molecule has 2 unspecified atom stereocenters. The Balaban J connectivity index is 2.46. The zero-order chi connectivity index (χ0) is 12.0. The third-order valence-electron chi connectivity index (χ3n) is 2.60. The Hall–Kier alpha value is -0.540. The zero-order valence-corrected chi connectivity index (χ0v) is 11.0. The van der Waals surface area contributed by atoms with Crippen molar-refractivity contribution in [2.45, 2.75) is 19.9 Å². The van der Waals surface area contributed by atoms with E-state index in [4.69, 9.17) is 0 Å². The largest absolute Gasteiger partial charge is 0.310 e. The van der Waals surface area contributed by atoms with Gasteiger partial charge in [-0.3, -0.25) is 0 Å². The van der Waals surface area contributed by atoms with Crippen LogP contribution in [-0.2, 0) is 0 Å². The summed E-state index contributed by atoms with van der Waals surface area (Å²) in [7, 11) is 0. The first-order valence-corrected chi connectivity index (χ1v) is 7.01. The van der Waals surface area contributed by atoms with Crippen LogP contribution in [0.5, 0.6) is 0 Å². The highest BCUT2D eigenvalue weighted by atomic mass is 32.2. The van der Waals surface area contributed by atoms with Gasteiger partial charge >= 0.3 is 0 Å². The van der Waals surface area contributed by atoms with E-state index in [-0.39, 0.29) is 11.9 Å². The van der Waals surface area contributed by atoms with Gasteiger partial charge in [0.15, 0.2) is 0 Å². The zero-order valence-electron chi connectivity index (χ0n) is 10.2. The summed E-state index contributed by atoms with van der Waals surface area (Å²) in [5, 5.41) is 3.37. The molecule has 1 aromatic carbocycles. The number of halogens is 1. The minimum Gasteiger partial charge on any atom is -0.310 e. The van der Waals surface area contributed by atoms with Gasteiger partial charge in [-0.2, -0.15) is 11.8 Å². The Morgan fingerprint density at radius 2 is 2.00 bits per heavy atom. The van der Waals surface area contributed by atoms with E-state index in [2.05, 4.69) is 18.5 Å². The molecule has 0 aromatic heterocycles. The molecule has 0 radical (unpaired) electrons. The van der Waals surface area contributed by atoms with E-state index in [0.717, 1.165) is 17.9 Å². The van der Waals surface area contributed by atoms with E-state index in [1.54, 1.807) is 6.07 Å². The molecule has 0 bridgehead atoms. The molecule has 90 valence electrons. The van der Waals surface area contributed by atoms with E-state index in [9.17, 15) is 4.39 Å². The number of nitrogens with one attached hydrogen (secondary N) is 1. The predicted molar refractivity (Wildman–Crippen MR) is 70.4 cm³/mol. The summed E-state index contributed by atoms with van der Waals surface area (Å²) >= 11 is 1.85. The molecule has 0 aliphatic carbocycles. The molecule has 0 heterocycles. The van der Waals surface area contributed by atoms with Gasteiger partial charge in [0.2, 0.25) is 0 Å². The van der Waals surface area contributed by atoms with Gasteiger partial charge in [-0.05, 0) is 37.5 Å². The highest BCUT2D eigenvalue weighted by Crippen LogP contribution is 2.16. The molecule has 0 spiro atoms. The van der Waals surface area contributed by atoms with Gasteiger partial charge in [-0.1, -0.05) is 25.1 Å². The maximum absolute atomic E-state index is 13.5. The predicted octanol–water partition coefficient (Wildman–Crippen LogP) is 3.48. The number of benzene rings is 1. The lowest BCUT2D eigenvalue weighted by Gasteiger charge is -2.18. The Morgan fingerprint density at radius 1 is 1.31 bits per heavy atom. The smallest absolute Gasteiger partial charge is 0.127 e. The van der Waals surface area contributed by atoms with Crippen LogP contribution in [0.15, 0.2) is 24.3 Å². The van der Waals surface area contributed by atoms with Gasteiger partial charge < -0.3 is 5.32 Å². The van der Waals surface area contributed by atoms with E-state index < -0.39 is 0 Å². The lowest BCUT2D eigenvalue weighted by Crippen LogP contribution is -2.26. The fourth-order valence-corrected chi connectivity index (χ4v) is 2.34. The molecular formula is C13H20FNS. The molecule has 0 saturated carbocycles. The summed E-state index contributed by atoms with van der Waals surface area (Å²) in [6, 6.07) is 7.03. The Bertz CT molecular complexity index is 317. The van der Waals surface area contributed by atoms with Gasteiger partial charge in [0.25, 0.3) is 0 Å². The number of hydrogen-bond acceptors (Lipinski definition) is 2. The average molecular weight is 241 g/mol. The Morgan fingerprint density at radius 3 is 2.62 bits per heavy atom. The molecule has 0 fully saturated rings. The summed E-state index contributed by atoms with van der Waals surface area (Å²) in [4.78, 5) is 0. The van der Waals surface area contributed by atoms with Crippen LogP contribution in [0.3, 0.4) is 0 Å². The molecule has 0 aliphatic rings. The van der Waals surface area contributed by atoms with Gasteiger partial charge in [-0.15, -0.1) is 0 Å². The molecule has 3 heteroatoms. The number of rotatable bonds is 6. The van der Waals surface area contributed by atoms with Crippen LogP contribution >= 0.6 is 11.8 Å². The lowest BCUT2D eigenvalue weighted by atomic mass is 10.1. The standard InChI is InChI=1S/C13H20FNS/c1-10(9-16-3)8-15-11(2)12-6-4-5-7-13(12)14/h4-7,10-11,15H,8-9H2,1-3H3. The van der Waals surface area contributed by atoms with E-state index in [1.165, 1.54) is 6.07 Å². The van der Waals surface area contributed by atoms with Crippen molar-refractivity contribution >= 4 is 11.8 Å². The Labute approximate surface area is 102 Å². The minimum absolute atomic E-state index is 0.0745. The van der Waals surface area contributed by atoms with Crippen LogP contribution in [0.25, 0.3) is 0 Å². The second-order valence-corrected chi connectivity index (χ2v) is 5.12. The van der Waals surface area contributed by atoms with E-state index >= 15 is 0 Å². The monoisotopic (exact) mass is 241 g/mol. The van der Waals surface area contributed by atoms with Crippen molar-refractivity contribution in [1.82, 2.24) is 5.32 Å². The first-order valence-electron chi connectivity index (χ1n) is 5.62.